The first-order valence-electron chi connectivity index (χ1n) is 10.2. The molecular weight excluding hydrogens is 409 g/mol. The van der Waals surface area contributed by atoms with Crippen LogP contribution in [0.3, 0.4) is 0 Å². The molecule has 0 unspecified atom stereocenters. The standard InChI is InChI=1S/C26H24FNO4/c27-23-14-10-20(11-15-23)18-28(25(30)17-24(29)26(31)32)16-4-5-19-8-12-22(13-9-19)21-6-2-1-3-7-21/h1-3,6-15,17,29H,4-5,16,18H2,(H,31,32). The van der Waals surface area contributed by atoms with Crippen LogP contribution in [0.2, 0.25) is 0 Å². The highest BCUT2D eigenvalue weighted by Gasteiger charge is 2.15. The zero-order chi connectivity index (χ0) is 22.9. The lowest BCUT2D eigenvalue weighted by atomic mass is 10.0. The van der Waals surface area contributed by atoms with Gasteiger partial charge in [0.25, 0.3) is 5.91 Å². The molecule has 0 saturated carbocycles. The summed E-state index contributed by atoms with van der Waals surface area (Å²) in [6, 6.07) is 24.0. The van der Waals surface area contributed by atoms with Gasteiger partial charge in [-0.1, -0.05) is 66.7 Å². The normalized spacial score (nSPS) is 11.2. The number of hydrogen-bond acceptors (Lipinski definition) is 3. The second kappa shape index (κ2) is 10.9. The van der Waals surface area contributed by atoms with Crippen LogP contribution in [0.25, 0.3) is 11.1 Å². The fourth-order valence-electron chi connectivity index (χ4n) is 3.32. The Morgan fingerprint density at radius 2 is 1.41 bits per heavy atom. The zero-order valence-electron chi connectivity index (χ0n) is 17.4. The predicted octanol–water partition coefficient (Wildman–Crippen LogP) is 4.98. The minimum absolute atomic E-state index is 0.176. The second-order valence-corrected chi connectivity index (χ2v) is 7.39. The molecule has 0 aliphatic rings. The second-order valence-electron chi connectivity index (χ2n) is 7.39. The van der Waals surface area contributed by atoms with Crippen LogP contribution in [-0.2, 0) is 22.6 Å². The van der Waals surface area contributed by atoms with Gasteiger partial charge in [0.1, 0.15) is 5.82 Å². The van der Waals surface area contributed by atoms with E-state index in [0.29, 0.717) is 24.6 Å². The maximum Gasteiger partial charge on any atom is 0.371 e. The van der Waals surface area contributed by atoms with Crippen LogP contribution in [-0.4, -0.2) is 33.5 Å². The molecule has 2 N–H and O–H groups in total. The molecule has 0 radical (unpaired) electrons. The summed E-state index contributed by atoms with van der Waals surface area (Å²) in [7, 11) is 0. The van der Waals surface area contributed by atoms with Gasteiger partial charge in [-0.3, -0.25) is 4.79 Å². The Morgan fingerprint density at radius 1 is 0.812 bits per heavy atom. The van der Waals surface area contributed by atoms with E-state index in [2.05, 4.69) is 12.1 Å². The Bertz CT molecular complexity index is 1080. The van der Waals surface area contributed by atoms with Crippen LogP contribution in [0.5, 0.6) is 0 Å². The van der Waals surface area contributed by atoms with Gasteiger partial charge in [0.05, 0.1) is 6.08 Å². The van der Waals surface area contributed by atoms with Crippen molar-refractivity contribution in [3.05, 3.63) is 108 Å². The molecule has 0 saturated heterocycles. The fourth-order valence-corrected chi connectivity index (χ4v) is 3.32. The van der Waals surface area contributed by atoms with Gasteiger partial charge in [0.2, 0.25) is 5.76 Å². The number of aryl methyl sites for hydroxylation is 1. The minimum Gasteiger partial charge on any atom is -0.502 e. The third kappa shape index (κ3) is 6.54. The molecule has 3 aromatic carbocycles. The molecule has 0 atom stereocenters. The van der Waals surface area contributed by atoms with Crippen molar-refractivity contribution in [3.63, 3.8) is 0 Å². The van der Waals surface area contributed by atoms with Gasteiger partial charge in [-0.05, 0) is 47.2 Å². The molecule has 0 heterocycles. The number of aliphatic hydroxyl groups is 1. The molecule has 0 bridgehead atoms. The summed E-state index contributed by atoms with van der Waals surface area (Å²) >= 11 is 0. The summed E-state index contributed by atoms with van der Waals surface area (Å²) in [5.74, 6) is -3.59. The number of nitrogens with zero attached hydrogens (tertiary/aromatic N) is 1. The number of rotatable bonds is 9. The zero-order valence-corrected chi connectivity index (χ0v) is 17.4. The summed E-state index contributed by atoms with van der Waals surface area (Å²) in [6.45, 7) is 0.523. The van der Waals surface area contributed by atoms with E-state index >= 15 is 0 Å². The average molecular weight is 433 g/mol. The topological polar surface area (TPSA) is 77.8 Å². The van der Waals surface area contributed by atoms with Crippen molar-refractivity contribution >= 4 is 11.9 Å². The number of hydrogen-bond donors (Lipinski definition) is 2. The van der Waals surface area contributed by atoms with Crippen LogP contribution in [0.1, 0.15) is 17.5 Å². The smallest absolute Gasteiger partial charge is 0.371 e. The number of carbonyl (C=O) groups is 2. The Balaban J connectivity index is 1.65. The van der Waals surface area contributed by atoms with E-state index in [1.165, 1.54) is 17.0 Å². The Hall–Kier alpha value is -3.93. The highest BCUT2D eigenvalue weighted by atomic mass is 19.1. The van der Waals surface area contributed by atoms with Gasteiger partial charge in [0.15, 0.2) is 0 Å². The molecule has 0 fully saturated rings. The molecule has 0 aromatic heterocycles. The number of halogens is 1. The first-order valence-corrected chi connectivity index (χ1v) is 10.2. The largest absolute Gasteiger partial charge is 0.502 e. The van der Waals surface area contributed by atoms with Crippen molar-refractivity contribution in [3.8, 4) is 11.1 Å². The maximum atomic E-state index is 13.2. The van der Waals surface area contributed by atoms with Crippen LogP contribution in [0, 0.1) is 5.82 Å². The number of amides is 1. The molecule has 0 spiro atoms. The molecule has 164 valence electrons. The number of carbonyl (C=O) groups excluding carboxylic acids is 1. The number of carboxylic acid groups (broad SMARTS) is 1. The molecule has 32 heavy (non-hydrogen) atoms. The molecule has 3 aromatic rings. The van der Waals surface area contributed by atoms with Crippen molar-refractivity contribution in [1.29, 1.82) is 0 Å². The van der Waals surface area contributed by atoms with E-state index in [1.807, 2.05) is 42.5 Å². The number of carboxylic acids is 1. The SMILES string of the molecule is O=C(O)C(O)=CC(=O)N(CCCc1ccc(-c2ccccc2)cc1)Cc1ccc(F)cc1. The lowest BCUT2D eigenvalue weighted by molar-refractivity contribution is -0.136. The van der Waals surface area contributed by atoms with Crippen LogP contribution in [0.4, 0.5) is 4.39 Å². The predicted molar refractivity (Wildman–Crippen MR) is 120 cm³/mol. The van der Waals surface area contributed by atoms with Crippen molar-refractivity contribution in [2.75, 3.05) is 6.54 Å². The monoisotopic (exact) mass is 433 g/mol. The lowest BCUT2D eigenvalue weighted by Crippen LogP contribution is -2.31. The summed E-state index contributed by atoms with van der Waals surface area (Å²) < 4.78 is 13.2. The molecule has 5 nitrogen and oxygen atoms in total. The lowest BCUT2D eigenvalue weighted by Gasteiger charge is -2.21. The first kappa shape index (κ1) is 22.7. The Labute approximate surface area is 186 Å². The molecule has 0 aliphatic heterocycles. The highest BCUT2D eigenvalue weighted by molar-refractivity contribution is 5.96. The Kier molecular flexibility index (Phi) is 7.75. The fraction of sp³-hybridized carbons (Fsp3) is 0.154. The third-order valence-corrected chi connectivity index (χ3v) is 5.03. The van der Waals surface area contributed by atoms with E-state index in [9.17, 15) is 19.1 Å². The van der Waals surface area contributed by atoms with Crippen molar-refractivity contribution in [2.45, 2.75) is 19.4 Å². The van der Waals surface area contributed by atoms with Gasteiger partial charge in [-0.2, -0.15) is 0 Å². The van der Waals surface area contributed by atoms with Gasteiger partial charge in [-0.25, -0.2) is 9.18 Å². The summed E-state index contributed by atoms with van der Waals surface area (Å²) in [4.78, 5) is 24.8. The maximum absolute atomic E-state index is 13.2. The average Bonchev–Trinajstić information content (AvgIpc) is 2.80. The summed E-state index contributed by atoms with van der Waals surface area (Å²) in [6.07, 6.45) is 2.05. The van der Waals surface area contributed by atoms with E-state index in [4.69, 9.17) is 5.11 Å². The third-order valence-electron chi connectivity index (χ3n) is 5.03. The molecule has 3 rings (SSSR count). The van der Waals surface area contributed by atoms with Gasteiger partial charge < -0.3 is 15.1 Å². The molecule has 6 heteroatoms. The van der Waals surface area contributed by atoms with E-state index in [-0.39, 0.29) is 12.4 Å². The van der Waals surface area contributed by atoms with E-state index in [0.717, 1.165) is 23.1 Å². The Morgan fingerprint density at radius 3 is 2.03 bits per heavy atom. The van der Waals surface area contributed by atoms with Gasteiger partial charge in [0, 0.05) is 13.1 Å². The molecule has 1 amide bonds. The number of aliphatic carboxylic acids is 1. The quantitative estimate of drug-likeness (QED) is 0.369. The van der Waals surface area contributed by atoms with Crippen molar-refractivity contribution < 1.29 is 24.2 Å². The minimum atomic E-state index is -1.57. The van der Waals surface area contributed by atoms with Crippen LogP contribution < -0.4 is 0 Å². The molecule has 0 aliphatic carbocycles. The summed E-state index contributed by atoms with van der Waals surface area (Å²) in [5, 5.41) is 18.3. The van der Waals surface area contributed by atoms with E-state index < -0.39 is 17.6 Å². The van der Waals surface area contributed by atoms with E-state index in [1.54, 1.807) is 12.1 Å². The number of benzene rings is 3. The van der Waals surface area contributed by atoms with Crippen LogP contribution in [0.15, 0.2) is 90.7 Å². The summed E-state index contributed by atoms with van der Waals surface area (Å²) in [5.41, 5.74) is 4.08. The van der Waals surface area contributed by atoms with Gasteiger partial charge in [-0.15, -0.1) is 0 Å². The first-order chi connectivity index (χ1) is 15.4. The van der Waals surface area contributed by atoms with Crippen molar-refractivity contribution in [2.24, 2.45) is 0 Å². The molecular formula is C26H24FNO4. The highest BCUT2D eigenvalue weighted by Crippen LogP contribution is 2.20. The van der Waals surface area contributed by atoms with Crippen LogP contribution >= 0.6 is 0 Å². The van der Waals surface area contributed by atoms with Gasteiger partial charge >= 0.3 is 5.97 Å². The van der Waals surface area contributed by atoms with Crippen molar-refractivity contribution in [1.82, 2.24) is 4.90 Å². The number of aliphatic hydroxyl groups excluding tert-OH is 1.